The van der Waals surface area contributed by atoms with Gasteiger partial charge in [0.15, 0.2) is 0 Å². The maximum Gasteiger partial charge on any atom is 0.0108 e. The molecule has 2 rings (SSSR count). The third-order valence-corrected chi connectivity index (χ3v) is 4.09. The molecule has 1 saturated heterocycles. The Bertz CT molecular complexity index is 395. The Labute approximate surface area is 112 Å². The van der Waals surface area contributed by atoms with Crippen LogP contribution < -0.4 is 5.32 Å². The van der Waals surface area contributed by atoms with Crippen LogP contribution in [0.25, 0.3) is 0 Å². The zero-order chi connectivity index (χ0) is 13.2. The fraction of sp³-hybridized carbons (Fsp3) is 0.647. The number of aryl methyl sites for hydroxylation is 1. The second kappa shape index (κ2) is 5.44. The number of benzene rings is 1. The van der Waals surface area contributed by atoms with Crippen molar-refractivity contribution in [1.29, 1.82) is 0 Å². The first-order valence-electron chi connectivity index (χ1n) is 7.30. The molecule has 18 heavy (non-hydrogen) atoms. The zero-order valence-corrected chi connectivity index (χ0v) is 12.3. The van der Waals surface area contributed by atoms with Gasteiger partial charge >= 0.3 is 0 Å². The molecule has 0 radical (unpaired) electrons. The predicted molar refractivity (Wildman–Crippen MR) is 79.2 cm³/mol. The second-order valence-corrected chi connectivity index (χ2v) is 6.74. The van der Waals surface area contributed by atoms with Crippen molar-refractivity contribution >= 4 is 0 Å². The number of piperidine rings is 1. The minimum absolute atomic E-state index is 0.252. The highest BCUT2D eigenvalue weighted by molar-refractivity contribution is 5.35. The van der Waals surface area contributed by atoms with E-state index in [2.05, 4.69) is 51.2 Å². The van der Waals surface area contributed by atoms with Crippen LogP contribution in [0.15, 0.2) is 18.2 Å². The van der Waals surface area contributed by atoms with E-state index in [-0.39, 0.29) is 5.41 Å². The molecule has 0 bridgehead atoms. The van der Waals surface area contributed by atoms with Gasteiger partial charge in [-0.25, -0.2) is 0 Å². The molecule has 1 unspecified atom stereocenters. The van der Waals surface area contributed by atoms with Crippen molar-refractivity contribution < 1.29 is 0 Å². The Balaban J connectivity index is 2.15. The largest absolute Gasteiger partial charge is 0.314 e. The van der Waals surface area contributed by atoms with E-state index in [1.54, 1.807) is 0 Å². The fourth-order valence-corrected chi connectivity index (χ4v) is 2.72. The molecular weight excluding hydrogens is 218 g/mol. The van der Waals surface area contributed by atoms with Gasteiger partial charge in [0.1, 0.15) is 0 Å². The first-order valence-corrected chi connectivity index (χ1v) is 7.30. The zero-order valence-electron chi connectivity index (χ0n) is 12.3. The van der Waals surface area contributed by atoms with Gasteiger partial charge in [-0.3, -0.25) is 0 Å². The standard InChI is InChI=1S/C17H27N/c1-13-8-9-15(17(2,3)4)11-14(13)12-16-7-5-6-10-18-16/h8-9,11,16,18H,5-7,10,12H2,1-4H3. The van der Waals surface area contributed by atoms with Crippen molar-refractivity contribution in [3.05, 3.63) is 34.9 Å². The number of hydrogen-bond donors (Lipinski definition) is 1. The summed E-state index contributed by atoms with van der Waals surface area (Å²) >= 11 is 0. The third kappa shape index (κ3) is 3.35. The number of hydrogen-bond acceptors (Lipinski definition) is 1. The lowest BCUT2D eigenvalue weighted by atomic mass is 9.84. The average Bonchev–Trinajstić information content (AvgIpc) is 2.32. The van der Waals surface area contributed by atoms with Crippen LogP contribution in [-0.4, -0.2) is 12.6 Å². The van der Waals surface area contributed by atoms with E-state index in [0.29, 0.717) is 6.04 Å². The minimum Gasteiger partial charge on any atom is -0.314 e. The summed E-state index contributed by atoms with van der Waals surface area (Å²) in [5, 5.41) is 3.65. The molecule has 1 fully saturated rings. The van der Waals surface area contributed by atoms with Gasteiger partial charge in [0.05, 0.1) is 0 Å². The average molecular weight is 245 g/mol. The number of nitrogens with one attached hydrogen (secondary N) is 1. The molecule has 1 atom stereocenters. The second-order valence-electron chi connectivity index (χ2n) is 6.74. The van der Waals surface area contributed by atoms with Crippen molar-refractivity contribution in [2.75, 3.05) is 6.54 Å². The Morgan fingerprint density at radius 3 is 2.61 bits per heavy atom. The first kappa shape index (κ1) is 13.6. The summed E-state index contributed by atoms with van der Waals surface area (Å²) in [4.78, 5) is 0. The summed E-state index contributed by atoms with van der Waals surface area (Å²) in [5.74, 6) is 0. The SMILES string of the molecule is Cc1ccc(C(C)(C)C)cc1CC1CCCCN1. The van der Waals surface area contributed by atoms with E-state index in [9.17, 15) is 0 Å². The Kier molecular flexibility index (Phi) is 4.11. The molecular formula is C17H27N. The molecule has 1 heteroatoms. The normalized spacial score (nSPS) is 21.0. The Morgan fingerprint density at radius 1 is 1.22 bits per heavy atom. The summed E-state index contributed by atoms with van der Waals surface area (Å²) in [6, 6.07) is 7.69. The van der Waals surface area contributed by atoms with Crippen molar-refractivity contribution in [3.63, 3.8) is 0 Å². The quantitative estimate of drug-likeness (QED) is 0.831. The smallest absolute Gasteiger partial charge is 0.0108 e. The Hall–Kier alpha value is -0.820. The molecule has 1 aromatic rings. The summed E-state index contributed by atoms with van der Waals surface area (Å²) < 4.78 is 0. The van der Waals surface area contributed by atoms with Gasteiger partial charge < -0.3 is 5.32 Å². The monoisotopic (exact) mass is 245 g/mol. The lowest BCUT2D eigenvalue weighted by Crippen LogP contribution is -2.35. The summed E-state index contributed by atoms with van der Waals surface area (Å²) in [5.41, 5.74) is 4.68. The maximum atomic E-state index is 3.65. The van der Waals surface area contributed by atoms with Gasteiger partial charge in [0, 0.05) is 6.04 Å². The molecule has 1 aromatic carbocycles. The first-order chi connectivity index (χ1) is 8.47. The molecule has 1 N–H and O–H groups in total. The highest BCUT2D eigenvalue weighted by Gasteiger charge is 2.17. The summed E-state index contributed by atoms with van der Waals surface area (Å²) in [6.45, 7) is 10.3. The van der Waals surface area contributed by atoms with Crippen molar-refractivity contribution in [3.8, 4) is 0 Å². The maximum absolute atomic E-state index is 3.65. The van der Waals surface area contributed by atoms with Gasteiger partial charge in [-0.2, -0.15) is 0 Å². The van der Waals surface area contributed by atoms with Gasteiger partial charge in [0.2, 0.25) is 0 Å². The van der Waals surface area contributed by atoms with Gasteiger partial charge in [-0.05, 0) is 54.8 Å². The van der Waals surface area contributed by atoms with Crippen LogP contribution in [0.5, 0.6) is 0 Å². The molecule has 0 amide bonds. The van der Waals surface area contributed by atoms with E-state index >= 15 is 0 Å². The molecule has 1 nitrogen and oxygen atoms in total. The fourth-order valence-electron chi connectivity index (χ4n) is 2.72. The highest BCUT2D eigenvalue weighted by Crippen LogP contribution is 2.25. The molecule has 1 heterocycles. The van der Waals surface area contributed by atoms with E-state index < -0.39 is 0 Å². The van der Waals surface area contributed by atoms with Crippen LogP contribution in [0.2, 0.25) is 0 Å². The van der Waals surface area contributed by atoms with Crippen molar-refractivity contribution in [1.82, 2.24) is 5.32 Å². The van der Waals surface area contributed by atoms with Gasteiger partial charge in [0.25, 0.3) is 0 Å². The Morgan fingerprint density at radius 2 is 2.00 bits per heavy atom. The third-order valence-electron chi connectivity index (χ3n) is 4.09. The van der Waals surface area contributed by atoms with Crippen LogP contribution in [0, 0.1) is 6.92 Å². The van der Waals surface area contributed by atoms with E-state index in [1.807, 2.05) is 0 Å². The molecule has 0 aliphatic carbocycles. The van der Waals surface area contributed by atoms with E-state index in [0.717, 1.165) is 0 Å². The van der Waals surface area contributed by atoms with Crippen molar-refractivity contribution in [2.45, 2.75) is 64.8 Å². The summed E-state index contributed by atoms with van der Waals surface area (Å²) in [7, 11) is 0. The molecule has 0 saturated carbocycles. The number of rotatable bonds is 2. The molecule has 100 valence electrons. The van der Waals surface area contributed by atoms with Crippen LogP contribution >= 0.6 is 0 Å². The lowest BCUT2D eigenvalue weighted by molar-refractivity contribution is 0.398. The van der Waals surface area contributed by atoms with Crippen LogP contribution in [0.1, 0.15) is 56.7 Å². The molecule has 0 aromatic heterocycles. The highest BCUT2D eigenvalue weighted by atomic mass is 14.9. The molecule has 0 spiro atoms. The summed E-state index contributed by atoms with van der Waals surface area (Å²) in [6.07, 6.45) is 5.25. The van der Waals surface area contributed by atoms with Crippen LogP contribution in [0.4, 0.5) is 0 Å². The minimum atomic E-state index is 0.252. The molecule has 1 aliphatic heterocycles. The van der Waals surface area contributed by atoms with E-state index in [1.165, 1.54) is 48.9 Å². The van der Waals surface area contributed by atoms with Crippen LogP contribution in [-0.2, 0) is 11.8 Å². The molecule has 1 aliphatic rings. The lowest BCUT2D eigenvalue weighted by Gasteiger charge is -2.26. The topological polar surface area (TPSA) is 12.0 Å². The van der Waals surface area contributed by atoms with Crippen LogP contribution in [0.3, 0.4) is 0 Å². The van der Waals surface area contributed by atoms with Gasteiger partial charge in [-0.15, -0.1) is 0 Å². The van der Waals surface area contributed by atoms with E-state index in [4.69, 9.17) is 0 Å². The predicted octanol–water partition coefficient (Wildman–Crippen LogP) is 3.98. The van der Waals surface area contributed by atoms with Crippen molar-refractivity contribution in [2.24, 2.45) is 0 Å². The van der Waals surface area contributed by atoms with Gasteiger partial charge in [-0.1, -0.05) is 45.4 Å².